The second-order valence-electron chi connectivity index (χ2n) is 4.63. The molecular formula is C14H20FNO. The van der Waals surface area contributed by atoms with Crippen LogP contribution < -0.4 is 10.1 Å². The molecule has 1 aromatic carbocycles. The number of methoxy groups -OCH3 is 1. The molecule has 17 heavy (non-hydrogen) atoms. The predicted octanol–water partition coefficient (Wildman–Crippen LogP) is 3.08. The molecule has 2 nitrogen and oxygen atoms in total. The summed E-state index contributed by atoms with van der Waals surface area (Å²) in [5, 5.41) is 3.44. The van der Waals surface area contributed by atoms with E-state index in [4.69, 9.17) is 4.74 Å². The highest BCUT2D eigenvalue weighted by atomic mass is 19.1. The summed E-state index contributed by atoms with van der Waals surface area (Å²) in [6, 6.07) is 5.97. The van der Waals surface area contributed by atoms with E-state index in [9.17, 15) is 4.39 Å². The highest BCUT2D eigenvalue weighted by molar-refractivity contribution is 5.34. The Bertz CT molecular complexity index is 380. The van der Waals surface area contributed by atoms with E-state index in [1.165, 1.54) is 7.11 Å². The van der Waals surface area contributed by atoms with Crippen molar-refractivity contribution < 1.29 is 9.13 Å². The van der Waals surface area contributed by atoms with Crippen LogP contribution in [0.5, 0.6) is 5.75 Å². The van der Waals surface area contributed by atoms with Crippen molar-refractivity contribution in [3.8, 4) is 5.75 Å². The minimum atomic E-state index is -0.183. The zero-order valence-corrected chi connectivity index (χ0v) is 10.5. The molecule has 0 aliphatic heterocycles. The molecule has 0 amide bonds. The molecule has 2 rings (SSSR count). The number of hydrogen-bond acceptors (Lipinski definition) is 2. The van der Waals surface area contributed by atoms with Crippen LogP contribution in [0.1, 0.15) is 37.7 Å². The first kappa shape index (κ1) is 12.4. The molecule has 1 saturated carbocycles. The van der Waals surface area contributed by atoms with Gasteiger partial charge in [0.2, 0.25) is 0 Å². The lowest BCUT2D eigenvalue weighted by Gasteiger charge is -2.14. The quantitative estimate of drug-likeness (QED) is 0.869. The van der Waals surface area contributed by atoms with Gasteiger partial charge in [0.15, 0.2) is 11.6 Å². The molecule has 1 aliphatic carbocycles. The van der Waals surface area contributed by atoms with Crippen molar-refractivity contribution in [3.63, 3.8) is 0 Å². The number of nitrogens with one attached hydrogen (secondary N) is 1. The van der Waals surface area contributed by atoms with Gasteiger partial charge in [-0.25, -0.2) is 4.39 Å². The van der Waals surface area contributed by atoms with Crippen LogP contribution in [0.15, 0.2) is 18.2 Å². The number of halogens is 1. The van der Waals surface area contributed by atoms with Crippen molar-refractivity contribution in [2.45, 2.75) is 38.1 Å². The Labute approximate surface area is 102 Å². The van der Waals surface area contributed by atoms with Gasteiger partial charge in [-0.3, -0.25) is 0 Å². The number of hydrogen-bond donors (Lipinski definition) is 1. The van der Waals surface area contributed by atoms with Crippen molar-refractivity contribution in [2.24, 2.45) is 0 Å². The predicted molar refractivity (Wildman–Crippen MR) is 67.0 cm³/mol. The fourth-order valence-electron chi connectivity index (χ4n) is 2.74. The molecule has 1 fully saturated rings. The van der Waals surface area contributed by atoms with E-state index >= 15 is 0 Å². The van der Waals surface area contributed by atoms with Gasteiger partial charge in [-0.2, -0.15) is 0 Å². The summed E-state index contributed by atoms with van der Waals surface area (Å²) >= 11 is 0. The van der Waals surface area contributed by atoms with Gasteiger partial charge in [-0.05, 0) is 43.4 Å². The second kappa shape index (κ2) is 5.50. The van der Waals surface area contributed by atoms with Crippen LogP contribution in [0.25, 0.3) is 0 Å². The summed E-state index contributed by atoms with van der Waals surface area (Å²) in [5.41, 5.74) is 0.810. The first-order valence-corrected chi connectivity index (χ1v) is 6.32. The van der Waals surface area contributed by atoms with E-state index in [-0.39, 0.29) is 5.82 Å². The summed E-state index contributed by atoms with van der Waals surface area (Å²) in [6.45, 7) is 3.09. The van der Waals surface area contributed by atoms with Crippen molar-refractivity contribution in [1.29, 1.82) is 0 Å². The molecule has 0 saturated heterocycles. The highest BCUT2D eigenvalue weighted by Crippen LogP contribution is 2.37. The van der Waals surface area contributed by atoms with Gasteiger partial charge in [0.25, 0.3) is 0 Å². The Hall–Kier alpha value is -1.09. The number of rotatable bonds is 4. The van der Waals surface area contributed by atoms with E-state index in [1.807, 2.05) is 12.1 Å². The Balaban J connectivity index is 2.13. The number of benzene rings is 1. The fraction of sp³-hybridized carbons (Fsp3) is 0.571. The van der Waals surface area contributed by atoms with Crippen LogP contribution >= 0.6 is 0 Å². The van der Waals surface area contributed by atoms with Crippen LogP contribution in [-0.4, -0.2) is 19.7 Å². The van der Waals surface area contributed by atoms with E-state index in [2.05, 4.69) is 12.2 Å². The lowest BCUT2D eigenvalue weighted by molar-refractivity contribution is 0.382. The molecule has 2 atom stereocenters. The molecule has 94 valence electrons. The molecule has 2 unspecified atom stereocenters. The highest BCUT2D eigenvalue weighted by Gasteiger charge is 2.27. The van der Waals surface area contributed by atoms with Gasteiger partial charge < -0.3 is 10.1 Å². The summed E-state index contributed by atoms with van der Waals surface area (Å²) in [5.74, 6) is 0.501. The lowest BCUT2D eigenvalue weighted by Crippen LogP contribution is -2.25. The van der Waals surface area contributed by atoms with Gasteiger partial charge in [0, 0.05) is 6.04 Å². The Morgan fingerprint density at radius 2 is 2.24 bits per heavy atom. The average Bonchev–Trinajstić information content (AvgIpc) is 2.78. The third kappa shape index (κ3) is 2.60. The molecular weight excluding hydrogens is 217 g/mol. The summed E-state index contributed by atoms with van der Waals surface area (Å²) in [4.78, 5) is 0. The zero-order chi connectivity index (χ0) is 12.3. The molecule has 1 aromatic rings. The monoisotopic (exact) mass is 237 g/mol. The SMILES string of the molecule is CCNC1CCC(c2cccc(OC)c2F)C1. The van der Waals surface area contributed by atoms with Crippen LogP contribution in [0, 0.1) is 5.82 Å². The van der Waals surface area contributed by atoms with Gasteiger partial charge in [-0.1, -0.05) is 19.1 Å². The second-order valence-corrected chi connectivity index (χ2v) is 4.63. The maximum absolute atomic E-state index is 14.1. The topological polar surface area (TPSA) is 21.3 Å². The summed E-state index contributed by atoms with van der Waals surface area (Å²) in [7, 11) is 1.51. The van der Waals surface area contributed by atoms with Crippen molar-refractivity contribution in [1.82, 2.24) is 5.32 Å². The van der Waals surface area contributed by atoms with Crippen molar-refractivity contribution >= 4 is 0 Å². The molecule has 0 aromatic heterocycles. The van der Waals surface area contributed by atoms with Crippen LogP contribution in [0.3, 0.4) is 0 Å². The van der Waals surface area contributed by atoms with E-state index in [0.717, 1.165) is 31.4 Å². The smallest absolute Gasteiger partial charge is 0.168 e. The minimum Gasteiger partial charge on any atom is -0.494 e. The third-order valence-electron chi connectivity index (χ3n) is 3.58. The van der Waals surface area contributed by atoms with Crippen molar-refractivity contribution in [3.05, 3.63) is 29.6 Å². The van der Waals surface area contributed by atoms with Crippen molar-refractivity contribution in [2.75, 3.05) is 13.7 Å². The fourth-order valence-corrected chi connectivity index (χ4v) is 2.74. The van der Waals surface area contributed by atoms with E-state index in [0.29, 0.717) is 17.7 Å². The Morgan fingerprint density at radius 3 is 2.94 bits per heavy atom. The maximum Gasteiger partial charge on any atom is 0.168 e. The van der Waals surface area contributed by atoms with Gasteiger partial charge in [0.1, 0.15) is 0 Å². The third-order valence-corrected chi connectivity index (χ3v) is 3.58. The number of ether oxygens (including phenoxy) is 1. The normalized spacial score (nSPS) is 23.9. The lowest BCUT2D eigenvalue weighted by atomic mass is 9.96. The van der Waals surface area contributed by atoms with Gasteiger partial charge in [-0.15, -0.1) is 0 Å². The molecule has 0 radical (unpaired) electrons. The maximum atomic E-state index is 14.1. The standard InChI is InChI=1S/C14H20FNO/c1-3-16-11-8-7-10(9-11)12-5-4-6-13(17-2)14(12)15/h4-6,10-11,16H,3,7-9H2,1-2H3. The van der Waals surface area contributed by atoms with Crippen LogP contribution in [0.4, 0.5) is 4.39 Å². The molecule has 1 N–H and O–H groups in total. The molecule has 0 heterocycles. The first-order valence-electron chi connectivity index (χ1n) is 6.32. The molecule has 0 spiro atoms. The van der Waals surface area contributed by atoms with Crippen LogP contribution in [-0.2, 0) is 0 Å². The largest absolute Gasteiger partial charge is 0.494 e. The Morgan fingerprint density at radius 1 is 1.41 bits per heavy atom. The Kier molecular flexibility index (Phi) is 4.00. The minimum absolute atomic E-state index is 0.183. The molecule has 1 aliphatic rings. The average molecular weight is 237 g/mol. The zero-order valence-electron chi connectivity index (χ0n) is 10.5. The summed E-state index contributed by atoms with van der Waals surface area (Å²) in [6.07, 6.45) is 3.22. The molecule has 0 bridgehead atoms. The van der Waals surface area contributed by atoms with Gasteiger partial charge in [0.05, 0.1) is 7.11 Å². The first-order chi connectivity index (χ1) is 8.26. The van der Waals surface area contributed by atoms with Gasteiger partial charge >= 0.3 is 0 Å². The molecule has 3 heteroatoms. The summed E-state index contributed by atoms with van der Waals surface area (Å²) < 4.78 is 19.1. The van der Waals surface area contributed by atoms with E-state index < -0.39 is 0 Å². The van der Waals surface area contributed by atoms with Crippen LogP contribution in [0.2, 0.25) is 0 Å². The van der Waals surface area contributed by atoms with E-state index in [1.54, 1.807) is 6.07 Å².